The summed E-state index contributed by atoms with van der Waals surface area (Å²) in [5.74, 6) is 0.602. The molecule has 0 saturated carbocycles. The molecule has 0 aromatic carbocycles. The lowest BCUT2D eigenvalue weighted by Gasteiger charge is -2.45. The van der Waals surface area contributed by atoms with E-state index in [0.717, 1.165) is 45.5 Å². The van der Waals surface area contributed by atoms with Crippen LogP contribution in [0.15, 0.2) is 6.20 Å². The van der Waals surface area contributed by atoms with Crippen LogP contribution in [0, 0.1) is 12.8 Å². The largest absolute Gasteiger partial charge is 0.381 e. The monoisotopic (exact) mass is 293 g/mol. The highest BCUT2D eigenvalue weighted by Crippen LogP contribution is 2.42. The van der Waals surface area contributed by atoms with Gasteiger partial charge in [0.15, 0.2) is 0 Å². The molecule has 2 aliphatic heterocycles. The molecule has 0 radical (unpaired) electrons. The van der Waals surface area contributed by atoms with Gasteiger partial charge in [-0.15, -0.1) is 0 Å². The minimum Gasteiger partial charge on any atom is -0.381 e. The van der Waals surface area contributed by atoms with Gasteiger partial charge in [0.2, 0.25) is 0 Å². The molecule has 5 nitrogen and oxygen atoms in total. The molecule has 0 amide bonds. The van der Waals surface area contributed by atoms with E-state index in [-0.39, 0.29) is 5.60 Å². The Morgan fingerprint density at radius 1 is 1.38 bits per heavy atom. The first kappa shape index (κ1) is 15.0. The summed E-state index contributed by atoms with van der Waals surface area (Å²) in [5, 5.41) is 7.93. The second-order valence-corrected chi connectivity index (χ2v) is 6.47. The normalized spacial score (nSPS) is 26.9. The molecule has 3 heterocycles. The Kier molecular flexibility index (Phi) is 4.33. The van der Waals surface area contributed by atoms with Crippen molar-refractivity contribution in [1.29, 1.82) is 0 Å². The SMILES string of the molecule is CNC(c1cnn(C)c1C)C1CCOC2(CCOCC2)C1. The highest BCUT2D eigenvalue weighted by molar-refractivity contribution is 5.21. The van der Waals surface area contributed by atoms with E-state index in [1.807, 2.05) is 17.9 Å². The summed E-state index contributed by atoms with van der Waals surface area (Å²) in [6.07, 6.45) is 6.32. The molecule has 2 aliphatic rings. The predicted octanol–water partition coefficient (Wildman–Crippen LogP) is 1.96. The number of nitrogens with zero attached hydrogens (tertiary/aromatic N) is 2. The lowest BCUT2D eigenvalue weighted by molar-refractivity contribution is -0.150. The molecule has 1 spiro atoms. The average molecular weight is 293 g/mol. The van der Waals surface area contributed by atoms with Crippen molar-refractivity contribution in [3.63, 3.8) is 0 Å². The zero-order chi connectivity index (χ0) is 14.9. The second-order valence-electron chi connectivity index (χ2n) is 6.47. The first-order valence-corrected chi connectivity index (χ1v) is 8.03. The zero-order valence-corrected chi connectivity index (χ0v) is 13.4. The summed E-state index contributed by atoms with van der Waals surface area (Å²) < 4.78 is 13.7. The van der Waals surface area contributed by atoms with Gasteiger partial charge < -0.3 is 14.8 Å². The molecule has 1 N–H and O–H groups in total. The van der Waals surface area contributed by atoms with Crippen molar-refractivity contribution in [3.05, 3.63) is 17.5 Å². The van der Waals surface area contributed by atoms with Crippen LogP contribution in [0.2, 0.25) is 0 Å². The summed E-state index contributed by atoms with van der Waals surface area (Å²) in [4.78, 5) is 0. The fraction of sp³-hybridized carbons (Fsp3) is 0.812. The summed E-state index contributed by atoms with van der Waals surface area (Å²) in [6, 6.07) is 0.363. The highest BCUT2D eigenvalue weighted by atomic mass is 16.5. The second kappa shape index (κ2) is 6.07. The third-order valence-corrected chi connectivity index (χ3v) is 5.33. The number of ether oxygens (including phenoxy) is 2. The Bertz CT molecular complexity index is 474. The number of nitrogens with one attached hydrogen (secondary N) is 1. The van der Waals surface area contributed by atoms with Gasteiger partial charge in [-0.2, -0.15) is 5.10 Å². The fourth-order valence-electron chi connectivity index (χ4n) is 3.91. The van der Waals surface area contributed by atoms with E-state index in [9.17, 15) is 0 Å². The van der Waals surface area contributed by atoms with Gasteiger partial charge in [0.05, 0.1) is 11.8 Å². The molecule has 1 aromatic rings. The van der Waals surface area contributed by atoms with E-state index in [0.29, 0.717) is 12.0 Å². The van der Waals surface area contributed by atoms with Crippen molar-refractivity contribution in [3.8, 4) is 0 Å². The van der Waals surface area contributed by atoms with Gasteiger partial charge in [0.1, 0.15) is 0 Å². The Morgan fingerprint density at radius 3 is 2.76 bits per heavy atom. The van der Waals surface area contributed by atoms with Crippen molar-refractivity contribution >= 4 is 0 Å². The van der Waals surface area contributed by atoms with Gasteiger partial charge >= 0.3 is 0 Å². The summed E-state index contributed by atoms with van der Waals surface area (Å²) in [7, 11) is 4.07. The van der Waals surface area contributed by atoms with E-state index in [2.05, 4.69) is 24.4 Å². The standard InChI is InChI=1S/C16H27N3O2/c1-12-14(11-18-19(12)3)15(17-2)13-4-7-21-16(10-13)5-8-20-9-6-16/h11,13,15,17H,4-10H2,1-3H3. The minimum atomic E-state index is 0.0480. The maximum atomic E-state index is 6.17. The van der Waals surface area contributed by atoms with E-state index >= 15 is 0 Å². The number of aromatic nitrogens is 2. The van der Waals surface area contributed by atoms with Gasteiger partial charge in [0.25, 0.3) is 0 Å². The van der Waals surface area contributed by atoms with Crippen molar-refractivity contribution in [2.75, 3.05) is 26.9 Å². The molecule has 0 bridgehead atoms. The minimum absolute atomic E-state index is 0.0480. The Labute approximate surface area is 127 Å². The van der Waals surface area contributed by atoms with Crippen LogP contribution in [0.4, 0.5) is 0 Å². The molecule has 2 unspecified atom stereocenters. The number of hydrogen-bond donors (Lipinski definition) is 1. The van der Waals surface area contributed by atoms with Crippen LogP contribution in [0.3, 0.4) is 0 Å². The van der Waals surface area contributed by atoms with E-state index in [4.69, 9.17) is 9.47 Å². The van der Waals surface area contributed by atoms with E-state index in [1.54, 1.807) is 0 Å². The lowest BCUT2D eigenvalue weighted by atomic mass is 9.76. The lowest BCUT2D eigenvalue weighted by Crippen LogP contribution is -2.46. The molecule has 1 aromatic heterocycles. The predicted molar refractivity (Wildman–Crippen MR) is 81.2 cm³/mol. The third kappa shape index (κ3) is 2.87. The Morgan fingerprint density at radius 2 is 2.14 bits per heavy atom. The van der Waals surface area contributed by atoms with Crippen LogP contribution in [0.25, 0.3) is 0 Å². The average Bonchev–Trinajstić information content (AvgIpc) is 2.82. The number of hydrogen-bond acceptors (Lipinski definition) is 4. The summed E-state index contributed by atoms with van der Waals surface area (Å²) >= 11 is 0. The van der Waals surface area contributed by atoms with Crippen LogP contribution in [0.5, 0.6) is 0 Å². The van der Waals surface area contributed by atoms with Crippen LogP contribution < -0.4 is 5.32 Å². The number of aryl methyl sites for hydroxylation is 1. The molecule has 5 heteroatoms. The zero-order valence-electron chi connectivity index (χ0n) is 13.4. The van der Waals surface area contributed by atoms with Gasteiger partial charge in [0, 0.05) is 44.2 Å². The van der Waals surface area contributed by atoms with Crippen LogP contribution in [0.1, 0.15) is 43.0 Å². The molecular weight excluding hydrogens is 266 g/mol. The molecule has 3 rings (SSSR count). The van der Waals surface area contributed by atoms with E-state index in [1.165, 1.54) is 11.3 Å². The van der Waals surface area contributed by atoms with Crippen molar-refractivity contribution in [2.45, 2.75) is 44.2 Å². The van der Waals surface area contributed by atoms with Gasteiger partial charge in [-0.3, -0.25) is 4.68 Å². The maximum absolute atomic E-state index is 6.17. The Hall–Kier alpha value is -0.910. The maximum Gasteiger partial charge on any atom is 0.0729 e. The van der Waals surface area contributed by atoms with Gasteiger partial charge in [-0.1, -0.05) is 0 Å². The van der Waals surface area contributed by atoms with Crippen molar-refractivity contribution in [2.24, 2.45) is 13.0 Å². The molecule has 2 saturated heterocycles. The van der Waals surface area contributed by atoms with Gasteiger partial charge in [-0.05, 0) is 45.6 Å². The van der Waals surface area contributed by atoms with Crippen molar-refractivity contribution in [1.82, 2.24) is 15.1 Å². The Balaban J connectivity index is 1.79. The van der Waals surface area contributed by atoms with Crippen LogP contribution >= 0.6 is 0 Å². The smallest absolute Gasteiger partial charge is 0.0729 e. The molecule has 2 fully saturated rings. The van der Waals surface area contributed by atoms with Gasteiger partial charge in [-0.25, -0.2) is 0 Å². The first-order chi connectivity index (χ1) is 10.2. The topological polar surface area (TPSA) is 48.3 Å². The summed E-state index contributed by atoms with van der Waals surface area (Å²) in [5.41, 5.74) is 2.63. The number of rotatable bonds is 3. The summed E-state index contributed by atoms with van der Waals surface area (Å²) in [6.45, 7) is 4.68. The highest BCUT2D eigenvalue weighted by Gasteiger charge is 2.41. The molecule has 118 valence electrons. The molecule has 0 aliphatic carbocycles. The molecular formula is C16H27N3O2. The molecule has 2 atom stereocenters. The molecule has 21 heavy (non-hydrogen) atoms. The van der Waals surface area contributed by atoms with Crippen molar-refractivity contribution < 1.29 is 9.47 Å². The van der Waals surface area contributed by atoms with E-state index < -0.39 is 0 Å². The van der Waals surface area contributed by atoms with Crippen LogP contribution in [-0.2, 0) is 16.5 Å². The third-order valence-electron chi connectivity index (χ3n) is 5.33. The van der Waals surface area contributed by atoms with Crippen LogP contribution in [-0.4, -0.2) is 42.2 Å². The fourth-order valence-corrected chi connectivity index (χ4v) is 3.91. The first-order valence-electron chi connectivity index (χ1n) is 8.03. The quantitative estimate of drug-likeness (QED) is 0.925.